The SMILES string of the molecule is COc1ccc(NC(=O)COC(=O)/C=C/c2cccc(Cl)c2)cc1Cl. The third kappa shape index (κ3) is 6.14. The van der Waals surface area contributed by atoms with Gasteiger partial charge in [0.1, 0.15) is 5.75 Å². The minimum Gasteiger partial charge on any atom is -0.495 e. The summed E-state index contributed by atoms with van der Waals surface area (Å²) in [5, 5.41) is 3.50. The molecular weight excluding hydrogens is 365 g/mol. The standard InChI is InChI=1S/C18H15Cl2NO4/c1-24-16-7-6-14(10-15(16)20)21-17(22)11-25-18(23)8-5-12-3-2-4-13(19)9-12/h2-10H,11H2,1H3,(H,21,22)/b8-5+. The van der Waals surface area contributed by atoms with Gasteiger partial charge in [-0.1, -0.05) is 35.3 Å². The molecule has 0 heterocycles. The highest BCUT2D eigenvalue weighted by atomic mass is 35.5. The van der Waals surface area contributed by atoms with Gasteiger partial charge in [0, 0.05) is 16.8 Å². The number of hydrogen-bond donors (Lipinski definition) is 1. The molecule has 0 aliphatic heterocycles. The first-order valence-electron chi connectivity index (χ1n) is 7.22. The molecule has 0 aliphatic carbocycles. The average Bonchev–Trinajstić information content (AvgIpc) is 2.58. The van der Waals surface area contributed by atoms with Crippen molar-refractivity contribution in [3.05, 3.63) is 64.1 Å². The zero-order valence-corrected chi connectivity index (χ0v) is 14.8. The molecule has 0 atom stereocenters. The minimum atomic E-state index is -0.636. The molecule has 0 fully saturated rings. The molecule has 7 heteroatoms. The maximum Gasteiger partial charge on any atom is 0.331 e. The number of esters is 1. The fourth-order valence-corrected chi connectivity index (χ4v) is 2.36. The molecule has 1 amide bonds. The van der Waals surface area contributed by atoms with E-state index in [2.05, 4.69) is 5.32 Å². The lowest BCUT2D eigenvalue weighted by Gasteiger charge is -2.08. The molecule has 2 aromatic rings. The van der Waals surface area contributed by atoms with E-state index in [0.29, 0.717) is 21.5 Å². The Balaban J connectivity index is 1.83. The van der Waals surface area contributed by atoms with E-state index in [1.165, 1.54) is 13.2 Å². The van der Waals surface area contributed by atoms with Crippen LogP contribution in [-0.4, -0.2) is 25.6 Å². The molecule has 0 radical (unpaired) electrons. The monoisotopic (exact) mass is 379 g/mol. The van der Waals surface area contributed by atoms with Crippen LogP contribution in [0.3, 0.4) is 0 Å². The van der Waals surface area contributed by atoms with Crippen LogP contribution in [0.2, 0.25) is 10.0 Å². The Hall–Kier alpha value is -2.50. The van der Waals surface area contributed by atoms with E-state index in [9.17, 15) is 9.59 Å². The molecule has 5 nitrogen and oxygen atoms in total. The predicted octanol–water partition coefficient (Wildman–Crippen LogP) is 4.20. The number of rotatable bonds is 6. The summed E-state index contributed by atoms with van der Waals surface area (Å²) >= 11 is 11.8. The Morgan fingerprint density at radius 2 is 1.96 bits per heavy atom. The van der Waals surface area contributed by atoms with Crippen molar-refractivity contribution >= 4 is 46.8 Å². The molecule has 0 saturated heterocycles. The lowest BCUT2D eigenvalue weighted by atomic mass is 10.2. The number of halogens is 2. The second-order valence-corrected chi connectivity index (χ2v) is 5.74. The van der Waals surface area contributed by atoms with E-state index in [1.54, 1.807) is 48.5 Å². The van der Waals surface area contributed by atoms with Crippen LogP contribution in [0, 0.1) is 0 Å². The molecule has 0 saturated carbocycles. The highest BCUT2D eigenvalue weighted by Gasteiger charge is 2.08. The molecule has 2 rings (SSSR count). The van der Waals surface area contributed by atoms with Crippen molar-refractivity contribution in [1.29, 1.82) is 0 Å². The second kappa shape index (κ2) is 9.11. The van der Waals surface area contributed by atoms with E-state index in [1.807, 2.05) is 0 Å². The summed E-state index contributed by atoms with van der Waals surface area (Å²) in [5.41, 5.74) is 1.23. The van der Waals surface area contributed by atoms with Gasteiger partial charge in [-0.25, -0.2) is 4.79 Å². The summed E-state index contributed by atoms with van der Waals surface area (Å²) in [6.45, 7) is -0.414. The molecule has 1 N–H and O–H groups in total. The lowest BCUT2D eigenvalue weighted by Crippen LogP contribution is -2.20. The van der Waals surface area contributed by atoms with Crippen LogP contribution in [-0.2, 0) is 14.3 Å². The lowest BCUT2D eigenvalue weighted by molar-refractivity contribution is -0.142. The molecule has 0 spiro atoms. The number of carbonyl (C=O) groups excluding carboxylic acids is 2. The fraction of sp³-hybridized carbons (Fsp3) is 0.111. The number of amides is 1. The van der Waals surface area contributed by atoms with E-state index < -0.39 is 18.5 Å². The number of hydrogen-bond acceptors (Lipinski definition) is 4. The maximum absolute atomic E-state index is 11.8. The van der Waals surface area contributed by atoms with Gasteiger partial charge in [-0.3, -0.25) is 4.79 Å². The molecule has 0 aliphatic rings. The zero-order valence-electron chi connectivity index (χ0n) is 13.3. The maximum atomic E-state index is 11.8. The molecule has 25 heavy (non-hydrogen) atoms. The molecule has 0 aromatic heterocycles. The number of nitrogens with one attached hydrogen (secondary N) is 1. The number of anilines is 1. The third-order valence-corrected chi connectivity index (χ3v) is 3.57. The molecule has 0 bridgehead atoms. The highest BCUT2D eigenvalue weighted by Crippen LogP contribution is 2.27. The van der Waals surface area contributed by atoms with Gasteiger partial charge < -0.3 is 14.8 Å². The number of carbonyl (C=O) groups is 2. The Bertz CT molecular complexity index is 805. The van der Waals surface area contributed by atoms with Gasteiger partial charge in [-0.05, 0) is 42.0 Å². The minimum absolute atomic E-state index is 0.363. The Morgan fingerprint density at radius 3 is 2.64 bits per heavy atom. The number of methoxy groups -OCH3 is 1. The predicted molar refractivity (Wildman–Crippen MR) is 98.1 cm³/mol. The molecular formula is C18H15Cl2NO4. The largest absolute Gasteiger partial charge is 0.495 e. The van der Waals surface area contributed by atoms with Crippen molar-refractivity contribution in [2.24, 2.45) is 0 Å². The Labute approximate surface area is 155 Å². The summed E-state index contributed by atoms with van der Waals surface area (Å²) in [4.78, 5) is 23.4. The quantitative estimate of drug-likeness (QED) is 0.603. The van der Waals surface area contributed by atoms with Crippen LogP contribution in [0.4, 0.5) is 5.69 Å². The number of ether oxygens (including phenoxy) is 2. The highest BCUT2D eigenvalue weighted by molar-refractivity contribution is 6.32. The molecule has 130 valence electrons. The second-order valence-electron chi connectivity index (χ2n) is 4.89. The van der Waals surface area contributed by atoms with E-state index in [-0.39, 0.29) is 0 Å². The Kier molecular flexibility index (Phi) is 6.86. The van der Waals surface area contributed by atoms with Crippen molar-refractivity contribution in [1.82, 2.24) is 0 Å². The third-order valence-electron chi connectivity index (χ3n) is 3.04. The summed E-state index contributed by atoms with van der Waals surface area (Å²) in [6.07, 6.45) is 2.78. The van der Waals surface area contributed by atoms with Crippen molar-refractivity contribution in [2.75, 3.05) is 19.0 Å². The van der Waals surface area contributed by atoms with Crippen LogP contribution in [0.5, 0.6) is 5.75 Å². The van der Waals surface area contributed by atoms with Gasteiger partial charge >= 0.3 is 5.97 Å². The summed E-state index contributed by atoms with van der Waals surface area (Å²) in [6, 6.07) is 11.8. The Morgan fingerprint density at radius 1 is 1.16 bits per heavy atom. The van der Waals surface area contributed by atoms with Crippen molar-refractivity contribution < 1.29 is 19.1 Å². The molecule has 0 unspecified atom stereocenters. The van der Waals surface area contributed by atoms with Crippen molar-refractivity contribution in [3.8, 4) is 5.75 Å². The smallest absolute Gasteiger partial charge is 0.331 e. The van der Waals surface area contributed by atoms with Gasteiger partial charge in [0.05, 0.1) is 12.1 Å². The van der Waals surface area contributed by atoms with Crippen LogP contribution in [0.25, 0.3) is 6.08 Å². The van der Waals surface area contributed by atoms with Gasteiger partial charge in [0.2, 0.25) is 0 Å². The van der Waals surface area contributed by atoms with Gasteiger partial charge in [-0.2, -0.15) is 0 Å². The van der Waals surface area contributed by atoms with Crippen LogP contribution < -0.4 is 10.1 Å². The average molecular weight is 380 g/mol. The zero-order chi connectivity index (χ0) is 18.2. The van der Waals surface area contributed by atoms with Gasteiger partial charge in [-0.15, -0.1) is 0 Å². The first kappa shape index (κ1) is 18.8. The first-order chi connectivity index (χ1) is 12.0. The van der Waals surface area contributed by atoms with Crippen molar-refractivity contribution in [2.45, 2.75) is 0 Å². The van der Waals surface area contributed by atoms with Crippen LogP contribution >= 0.6 is 23.2 Å². The van der Waals surface area contributed by atoms with Gasteiger partial charge in [0.25, 0.3) is 5.91 Å². The number of benzene rings is 2. The normalized spacial score (nSPS) is 10.5. The van der Waals surface area contributed by atoms with E-state index in [4.69, 9.17) is 32.7 Å². The summed E-state index contributed by atoms with van der Waals surface area (Å²) in [5.74, 6) is -0.620. The summed E-state index contributed by atoms with van der Waals surface area (Å²) < 4.78 is 9.90. The van der Waals surface area contributed by atoms with Crippen LogP contribution in [0.15, 0.2) is 48.5 Å². The summed E-state index contributed by atoms with van der Waals surface area (Å²) in [7, 11) is 1.50. The van der Waals surface area contributed by atoms with E-state index in [0.717, 1.165) is 5.56 Å². The topological polar surface area (TPSA) is 64.6 Å². The van der Waals surface area contributed by atoms with Crippen molar-refractivity contribution in [3.63, 3.8) is 0 Å². The molecule has 2 aromatic carbocycles. The van der Waals surface area contributed by atoms with Crippen LogP contribution in [0.1, 0.15) is 5.56 Å². The first-order valence-corrected chi connectivity index (χ1v) is 7.97. The van der Waals surface area contributed by atoms with Gasteiger partial charge in [0.15, 0.2) is 6.61 Å². The fourth-order valence-electron chi connectivity index (χ4n) is 1.90. The van der Waals surface area contributed by atoms with E-state index >= 15 is 0 Å².